The molecule has 360 valence electrons. The number of benzene rings is 6. The first-order valence-electron chi connectivity index (χ1n) is 23.9. The Labute approximate surface area is 453 Å². The molecule has 0 unspecified atom stereocenters. The lowest BCUT2D eigenvalue weighted by Gasteiger charge is -2.36. The predicted octanol–water partition coefficient (Wildman–Crippen LogP) is 17.3. The van der Waals surface area contributed by atoms with Gasteiger partial charge in [0.05, 0.1) is 0 Å². The lowest BCUT2D eigenvalue weighted by Crippen LogP contribution is -2.27. The van der Waals surface area contributed by atoms with Crippen LogP contribution in [0.3, 0.4) is 0 Å². The molecule has 1 fully saturated rings. The smallest absolute Gasteiger partial charge is 0.147 e. The number of thiocarbonyl (C=S) groups is 3. The summed E-state index contributed by atoms with van der Waals surface area (Å²) < 4.78 is 2.89. The second kappa shape index (κ2) is 30.9. The highest BCUT2D eigenvalue weighted by molar-refractivity contribution is 8.84. The molecule has 0 aliphatic heterocycles. The summed E-state index contributed by atoms with van der Waals surface area (Å²) in [7, 11) is 11.2. The van der Waals surface area contributed by atoms with Crippen molar-refractivity contribution in [2.24, 2.45) is 17.8 Å². The Hall–Kier alpha value is -2.91. The minimum atomic E-state index is 0.700. The maximum Gasteiger partial charge on any atom is 0.147 e. The van der Waals surface area contributed by atoms with E-state index in [1.807, 2.05) is 32.4 Å². The summed E-state index contributed by atoms with van der Waals surface area (Å²) in [6, 6.07) is 64.3. The average molecular weight is 1080 g/mol. The van der Waals surface area contributed by atoms with Crippen LogP contribution in [0.25, 0.3) is 0 Å². The Kier molecular flexibility index (Phi) is 24.1. The molecule has 0 spiro atoms. The number of hydrogen-bond donors (Lipinski definition) is 0. The van der Waals surface area contributed by atoms with Crippen LogP contribution < -0.4 is 0 Å². The summed E-state index contributed by atoms with van der Waals surface area (Å²) in [5.74, 6) is 5.47. The summed E-state index contributed by atoms with van der Waals surface area (Å²) >= 11 is 18.4. The normalized spacial score (nSPS) is 15.6. The summed E-state index contributed by atoms with van der Waals surface area (Å²) in [5.41, 5.74) is 7.70. The van der Waals surface area contributed by atoms with Crippen LogP contribution in [-0.2, 0) is 39.3 Å². The lowest BCUT2D eigenvalue weighted by atomic mass is 9.71. The van der Waals surface area contributed by atoms with Crippen LogP contribution in [0.4, 0.5) is 0 Å². The molecule has 1 aliphatic carbocycles. The number of rotatable bonds is 24. The van der Waals surface area contributed by atoms with Gasteiger partial charge in [-0.1, -0.05) is 257 Å². The molecule has 6 aromatic carbocycles. The van der Waals surface area contributed by atoms with Gasteiger partial charge in [0.1, 0.15) is 13.0 Å². The Morgan fingerprint density at radius 3 is 0.899 bits per heavy atom. The zero-order valence-corrected chi connectivity index (χ0v) is 46.5. The first kappa shape index (κ1) is 53.9. The van der Waals surface area contributed by atoms with E-state index in [9.17, 15) is 0 Å². The van der Waals surface area contributed by atoms with Gasteiger partial charge >= 0.3 is 0 Å². The van der Waals surface area contributed by atoms with Crippen molar-refractivity contribution in [2.75, 3.05) is 17.3 Å². The molecular weight excluding hydrogens is 1020 g/mol. The Balaban J connectivity index is 0.929. The monoisotopic (exact) mass is 1080 g/mol. The first-order valence-corrected chi connectivity index (χ1v) is 32.1. The molecular formula is C57H63N3S9. The topological polar surface area (TPSA) is 9.72 Å². The van der Waals surface area contributed by atoms with Crippen LogP contribution in [0.2, 0.25) is 0 Å². The third-order valence-electron chi connectivity index (χ3n) is 12.5. The lowest BCUT2D eigenvalue weighted by molar-refractivity contribution is 0.169. The van der Waals surface area contributed by atoms with Crippen molar-refractivity contribution in [3.63, 3.8) is 0 Å². The molecule has 0 aromatic heterocycles. The van der Waals surface area contributed by atoms with Gasteiger partial charge < -0.3 is 14.7 Å². The third kappa shape index (κ3) is 19.6. The minimum absolute atomic E-state index is 0.700. The predicted molar refractivity (Wildman–Crippen MR) is 323 cm³/mol. The molecule has 0 bridgehead atoms. The Morgan fingerprint density at radius 1 is 0.348 bits per heavy atom. The fourth-order valence-electron chi connectivity index (χ4n) is 8.85. The van der Waals surface area contributed by atoms with Crippen LogP contribution in [-0.4, -0.2) is 44.9 Å². The van der Waals surface area contributed by atoms with E-state index in [-0.39, 0.29) is 0 Å². The van der Waals surface area contributed by atoms with Crippen molar-refractivity contribution >= 4 is 114 Å². The van der Waals surface area contributed by atoms with Gasteiger partial charge in [-0.15, -0.1) is 0 Å². The highest BCUT2D eigenvalue weighted by atomic mass is 33.1. The van der Waals surface area contributed by atoms with E-state index in [1.54, 1.807) is 32.4 Å². The molecule has 1 saturated carbocycles. The van der Waals surface area contributed by atoms with Gasteiger partial charge in [-0.05, 0) is 116 Å². The van der Waals surface area contributed by atoms with Crippen molar-refractivity contribution in [3.8, 4) is 0 Å². The first-order chi connectivity index (χ1) is 33.9. The standard InChI is InChI=1S/C57H63N3S9/c61-55(58(40-47-19-7-1-8-20-47)41-48-21-9-2-10-22-48)67-64-36-33-46-31-32-53(34-37-65-68-56(62)59(42-49-23-11-3-12-24-49)43-50-25-13-4-14-26-50)54(39-46)35-38-66-69-57(63)60(44-51-27-15-5-16-28-51)45-52-29-17-6-18-30-52/h1-30,46,53-54H,31-45H2/t46-,53+,54+/m1/s1. The molecule has 7 rings (SSSR count). The zero-order valence-electron chi connectivity index (χ0n) is 39.2. The number of nitrogens with zero attached hydrogens (tertiary/aromatic N) is 3. The van der Waals surface area contributed by atoms with E-state index in [0.29, 0.717) is 5.92 Å². The summed E-state index contributed by atoms with van der Waals surface area (Å²) in [5, 5.41) is 0. The molecule has 3 atom stereocenters. The Bertz CT molecular complexity index is 2260. The van der Waals surface area contributed by atoms with Crippen molar-refractivity contribution < 1.29 is 0 Å². The zero-order chi connectivity index (χ0) is 47.7. The van der Waals surface area contributed by atoms with E-state index >= 15 is 0 Å². The van der Waals surface area contributed by atoms with Crippen LogP contribution in [0.15, 0.2) is 182 Å². The number of hydrogen-bond acceptors (Lipinski definition) is 9. The second-order valence-corrected chi connectivity index (χ2v) is 26.7. The van der Waals surface area contributed by atoms with E-state index in [4.69, 9.17) is 36.7 Å². The summed E-state index contributed by atoms with van der Waals surface area (Å²) in [6.45, 7) is 4.87. The van der Waals surface area contributed by atoms with Crippen LogP contribution >= 0.6 is 101 Å². The molecule has 0 saturated heterocycles. The SMILES string of the molecule is S=C(SSCC[C@H]1CC[C@@H](CCSSC(=S)N(Cc2ccccc2)Cc2ccccc2)[C@@H](CCSSC(=S)N(Cc2ccccc2)Cc2ccccc2)C1)N(Cc1ccccc1)Cc1ccccc1. The second-order valence-electron chi connectivity index (χ2n) is 17.6. The van der Waals surface area contributed by atoms with Gasteiger partial charge in [0.2, 0.25) is 0 Å². The molecule has 3 nitrogen and oxygen atoms in total. The molecule has 0 radical (unpaired) electrons. The van der Waals surface area contributed by atoms with Gasteiger partial charge in [0.15, 0.2) is 0 Å². The van der Waals surface area contributed by atoms with Crippen molar-refractivity contribution in [3.05, 3.63) is 215 Å². The molecule has 0 heterocycles. The molecule has 6 aromatic rings. The van der Waals surface area contributed by atoms with Gasteiger partial charge in [-0.25, -0.2) is 0 Å². The van der Waals surface area contributed by atoms with Crippen LogP contribution in [0, 0.1) is 17.8 Å². The van der Waals surface area contributed by atoms with Gasteiger partial charge in [-0.2, -0.15) is 0 Å². The third-order valence-corrected chi connectivity index (χ3v) is 21.7. The summed E-state index contributed by atoms with van der Waals surface area (Å²) in [6.07, 6.45) is 7.59. The maximum absolute atomic E-state index is 6.16. The molecule has 1 aliphatic rings. The van der Waals surface area contributed by atoms with E-state index in [2.05, 4.69) is 197 Å². The van der Waals surface area contributed by atoms with Crippen molar-refractivity contribution in [1.82, 2.24) is 14.7 Å². The Morgan fingerprint density at radius 2 is 0.609 bits per heavy atom. The summed E-state index contributed by atoms with van der Waals surface area (Å²) in [4.78, 5) is 7.08. The van der Waals surface area contributed by atoms with Crippen LogP contribution in [0.5, 0.6) is 0 Å². The fraction of sp³-hybridized carbons (Fsp3) is 0.316. The van der Waals surface area contributed by atoms with Crippen molar-refractivity contribution in [1.29, 1.82) is 0 Å². The van der Waals surface area contributed by atoms with E-state index in [1.165, 1.54) is 71.9 Å². The average Bonchev–Trinajstić information content (AvgIpc) is 3.39. The molecule has 0 amide bonds. The fourth-order valence-corrected chi connectivity index (χ4v) is 16.5. The largest absolute Gasteiger partial charge is 0.348 e. The van der Waals surface area contributed by atoms with E-state index < -0.39 is 0 Å². The highest BCUT2D eigenvalue weighted by Gasteiger charge is 2.30. The molecule has 0 N–H and O–H groups in total. The quantitative estimate of drug-likeness (QED) is 0.0325. The maximum atomic E-state index is 6.16. The van der Waals surface area contributed by atoms with Crippen molar-refractivity contribution in [2.45, 2.75) is 77.8 Å². The van der Waals surface area contributed by atoms with Gasteiger partial charge in [-0.3, -0.25) is 0 Å². The molecule has 12 heteroatoms. The van der Waals surface area contributed by atoms with Crippen LogP contribution in [0.1, 0.15) is 71.9 Å². The highest BCUT2D eigenvalue weighted by Crippen LogP contribution is 2.43. The molecule has 69 heavy (non-hydrogen) atoms. The van der Waals surface area contributed by atoms with E-state index in [0.717, 1.165) is 81.3 Å². The van der Waals surface area contributed by atoms with Gasteiger partial charge in [0.25, 0.3) is 0 Å². The van der Waals surface area contributed by atoms with Gasteiger partial charge in [0, 0.05) is 56.5 Å². The minimum Gasteiger partial charge on any atom is -0.348 e.